The first-order chi connectivity index (χ1) is 19.0. The van der Waals surface area contributed by atoms with Gasteiger partial charge < -0.3 is 30.6 Å². The molecular formula is C28H25N5O4S2. The van der Waals surface area contributed by atoms with E-state index in [0.717, 1.165) is 21.1 Å². The van der Waals surface area contributed by atoms with Gasteiger partial charge in [0.2, 0.25) is 5.75 Å². The van der Waals surface area contributed by atoms with Crippen LogP contribution in [0.4, 0.5) is 22.3 Å². The highest BCUT2D eigenvalue weighted by atomic mass is 32.1. The van der Waals surface area contributed by atoms with Crippen molar-refractivity contribution >= 4 is 50.9 Å². The fourth-order valence-corrected chi connectivity index (χ4v) is 5.71. The van der Waals surface area contributed by atoms with Crippen molar-refractivity contribution in [1.29, 1.82) is 0 Å². The lowest BCUT2D eigenvalue weighted by molar-refractivity contribution is 0.102. The Balaban J connectivity index is 1.35. The summed E-state index contributed by atoms with van der Waals surface area (Å²) in [5.41, 5.74) is 9.91. The van der Waals surface area contributed by atoms with E-state index in [1.165, 1.54) is 22.7 Å². The van der Waals surface area contributed by atoms with Crippen molar-refractivity contribution in [3.8, 4) is 38.4 Å². The molecule has 0 atom stereocenters. The molecule has 0 spiro atoms. The average molecular weight is 560 g/mol. The summed E-state index contributed by atoms with van der Waals surface area (Å²) in [5, 5.41) is 9.50. The summed E-state index contributed by atoms with van der Waals surface area (Å²) in [6, 6.07) is 20.3. The van der Waals surface area contributed by atoms with E-state index in [1.54, 1.807) is 45.6 Å². The molecular weight excluding hydrogens is 534 g/mol. The number of methoxy groups -OCH3 is 3. The van der Waals surface area contributed by atoms with Crippen molar-refractivity contribution in [2.45, 2.75) is 0 Å². The molecule has 5 rings (SSSR count). The van der Waals surface area contributed by atoms with Crippen LogP contribution in [-0.2, 0) is 0 Å². The van der Waals surface area contributed by atoms with E-state index in [2.05, 4.69) is 15.6 Å². The van der Waals surface area contributed by atoms with Crippen molar-refractivity contribution in [1.82, 2.24) is 9.97 Å². The number of nitrogens with one attached hydrogen (secondary N) is 2. The fourth-order valence-electron chi connectivity index (χ4n) is 3.88. The molecule has 3 aromatic carbocycles. The maximum absolute atomic E-state index is 12.6. The molecule has 0 aliphatic heterocycles. The van der Waals surface area contributed by atoms with Crippen LogP contribution in [0.3, 0.4) is 0 Å². The second kappa shape index (κ2) is 11.4. The van der Waals surface area contributed by atoms with Crippen molar-refractivity contribution in [3.05, 3.63) is 77.7 Å². The van der Waals surface area contributed by atoms with E-state index in [0.29, 0.717) is 45.1 Å². The van der Waals surface area contributed by atoms with Crippen LogP contribution in [0, 0.1) is 0 Å². The molecule has 0 aliphatic carbocycles. The Bertz CT molecular complexity index is 1590. The van der Waals surface area contributed by atoms with Gasteiger partial charge in [0.1, 0.15) is 15.7 Å². The average Bonchev–Trinajstić information content (AvgIpc) is 3.59. The monoisotopic (exact) mass is 559 g/mol. The number of aromatic nitrogens is 2. The molecule has 0 aliphatic rings. The fraction of sp³-hybridized carbons (Fsp3) is 0.107. The molecule has 2 aromatic heterocycles. The molecule has 39 heavy (non-hydrogen) atoms. The minimum absolute atomic E-state index is 0.170. The summed E-state index contributed by atoms with van der Waals surface area (Å²) in [7, 11) is 4.68. The van der Waals surface area contributed by atoms with Gasteiger partial charge in [-0.25, -0.2) is 9.97 Å². The summed E-state index contributed by atoms with van der Waals surface area (Å²) in [4.78, 5) is 22.6. The minimum atomic E-state index is -0.170. The summed E-state index contributed by atoms with van der Waals surface area (Å²) in [6.07, 6.45) is 0. The van der Waals surface area contributed by atoms with E-state index in [-0.39, 0.29) is 5.91 Å². The van der Waals surface area contributed by atoms with Gasteiger partial charge >= 0.3 is 0 Å². The molecule has 11 heteroatoms. The third-order valence-corrected chi connectivity index (χ3v) is 7.70. The second-order valence-corrected chi connectivity index (χ2v) is 10.1. The number of hydrogen-bond acceptors (Lipinski definition) is 10. The normalized spacial score (nSPS) is 10.6. The van der Waals surface area contributed by atoms with Crippen LogP contribution < -0.4 is 30.6 Å². The number of anilines is 4. The van der Waals surface area contributed by atoms with E-state index >= 15 is 0 Å². The zero-order chi connectivity index (χ0) is 27.4. The van der Waals surface area contributed by atoms with Crippen molar-refractivity contribution < 1.29 is 19.0 Å². The van der Waals surface area contributed by atoms with Crippen LogP contribution in [0.15, 0.2) is 72.1 Å². The molecule has 0 saturated heterocycles. The Hall–Kier alpha value is -4.61. The zero-order valence-electron chi connectivity index (χ0n) is 21.3. The summed E-state index contributed by atoms with van der Waals surface area (Å²) in [5.74, 6) is 1.76. The van der Waals surface area contributed by atoms with Crippen LogP contribution in [-0.4, -0.2) is 37.2 Å². The number of nitrogens with two attached hydrogens (primary N) is 1. The predicted molar refractivity (Wildman–Crippen MR) is 157 cm³/mol. The number of benzene rings is 3. The molecule has 0 unspecified atom stereocenters. The molecule has 0 bridgehead atoms. The molecule has 9 nitrogen and oxygen atoms in total. The number of nitrogen functional groups attached to an aromatic ring is 1. The largest absolute Gasteiger partial charge is 0.493 e. The molecule has 0 radical (unpaired) electrons. The predicted octanol–water partition coefficient (Wildman–Crippen LogP) is 6.54. The van der Waals surface area contributed by atoms with Crippen molar-refractivity contribution in [2.24, 2.45) is 0 Å². The van der Waals surface area contributed by atoms with Crippen LogP contribution >= 0.6 is 22.7 Å². The first-order valence-electron chi connectivity index (χ1n) is 11.7. The standard InChI is InChI=1S/C28H25N5O4S2/c1-35-21-13-19(14-22(36-2)23(21)37-3)31-28-33-25(29)24(39-28)27-32-20(15-38-27)17-10-7-11-18(12-17)30-26(34)16-8-5-4-6-9-16/h4-15H,29H2,1-3H3,(H,30,34)(H,31,33). The molecule has 5 aromatic rings. The number of amides is 1. The molecule has 0 saturated carbocycles. The Morgan fingerprint density at radius 2 is 1.62 bits per heavy atom. The first kappa shape index (κ1) is 26.0. The van der Waals surface area contributed by atoms with E-state index in [9.17, 15) is 4.79 Å². The summed E-state index contributed by atoms with van der Waals surface area (Å²) < 4.78 is 16.3. The van der Waals surface area contributed by atoms with Gasteiger partial charge in [-0.2, -0.15) is 0 Å². The SMILES string of the molecule is COc1cc(Nc2nc(N)c(-c3nc(-c4cccc(NC(=O)c5ccccc5)c4)cs3)s2)cc(OC)c1OC. The highest BCUT2D eigenvalue weighted by molar-refractivity contribution is 7.23. The quantitative estimate of drug-likeness (QED) is 0.186. The zero-order valence-corrected chi connectivity index (χ0v) is 23.0. The topological polar surface area (TPSA) is 121 Å². The third-order valence-electron chi connectivity index (χ3n) is 5.72. The lowest BCUT2D eigenvalue weighted by Crippen LogP contribution is -2.11. The van der Waals surface area contributed by atoms with Gasteiger partial charge in [-0.15, -0.1) is 11.3 Å². The van der Waals surface area contributed by atoms with Crippen LogP contribution in [0.1, 0.15) is 10.4 Å². The second-order valence-electron chi connectivity index (χ2n) is 8.21. The highest BCUT2D eigenvalue weighted by Gasteiger charge is 2.18. The van der Waals surface area contributed by atoms with Gasteiger partial charge in [-0.3, -0.25) is 4.79 Å². The van der Waals surface area contributed by atoms with E-state index < -0.39 is 0 Å². The number of hydrogen-bond donors (Lipinski definition) is 3. The lowest BCUT2D eigenvalue weighted by Gasteiger charge is -2.14. The van der Waals surface area contributed by atoms with Crippen LogP contribution in [0.25, 0.3) is 21.1 Å². The summed E-state index contributed by atoms with van der Waals surface area (Å²) in [6.45, 7) is 0. The highest BCUT2D eigenvalue weighted by Crippen LogP contribution is 2.43. The van der Waals surface area contributed by atoms with Gasteiger partial charge in [0.05, 0.1) is 27.0 Å². The van der Waals surface area contributed by atoms with Gasteiger partial charge in [0.15, 0.2) is 16.6 Å². The number of thiazole rings is 2. The Labute approximate surface area is 233 Å². The molecule has 198 valence electrons. The lowest BCUT2D eigenvalue weighted by atomic mass is 10.1. The maximum Gasteiger partial charge on any atom is 0.255 e. The third kappa shape index (κ3) is 5.64. The summed E-state index contributed by atoms with van der Waals surface area (Å²) >= 11 is 2.87. The first-order valence-corrected chi connectivity index (χ1v) is 13.4. The Kier molecular flexibility index (Phi) is 7.62. The van der Waals surface area contributed by atoms with E-state index in [1.807, 2.05) is 47.8 Å². The molecule has 4 N–H and O–H groups in total. The van der Waals surface area contributed by atoms with Gasteiger partial charge in [-0.1, -0.05) is 41.7 Å². The Morgan fingerprint density at radius 1 is 0.872 bits per heavy atom. The number of ether oxygens (including phenoxy) is 3. The molecule has 0 fully saturated rings. The van der Waals surface area contributed by atoms with Crippen molar-refractivity contribution in [3.63, 3.8) is 0 Å². The Morgan fingerprint density at radius 3 is 2.31 bits per heavy atom. The van der Waals surface area contributed by atoms with Gasteiger partial charge in [-0.05, 0) is 24.3 Å². The van der Waals surface area contributed by atoms with Gasteiger partial charge in [0.25, 0.3) is 5.91 Å². The van der Waals surface area contributed by atoms with Gasteiger partial charge in [0, 0.05) is 40.0 Å². The van der Waals surface area contributed by atoms with Crippen molar-refractivity contribution in [2.75, 3.05) is 37.7 Å². The maximum atomic E-state index is 12.6. The molecule has 2 heterocycles. The smallest absolute Gasteiger partial charge is 0.255 e. The van der Waals surface area contributed by atoms with E-state index in [4.69, 9.17) is 24.9 Å². The minimum Gasteiger partial charge on any atom is -0.493 e. The molecule has 1 amide bonds. The number of carbonyl (C=O) groups excluding carboxylic acids is 1. The number of rotatable bonds is 9. The van der Waals surface area contributed by atoms with Crippen LogP contribution in [0.2, 0.25) is 0 Å². The van der Waals surface area contributed by atoms with Crippen LogP contribution in [0.5, 0.6) is 17.2 Å². The number of carbonyl (C=O) groups is 1. The number of nitrogens with zero attached hydrogens (tertiary/aromatic N) is 2.